The van der Waals surface area contributed by atoms with Crippen molar-refractivity contribution in [3.8, 4) is 0 Å². The number of hydrogen-bond acceptors (Lipinski definition) is 0. The Kier molecular flexibility index (Phi) is 3.43. The molecule has 0 saturated carbocycles. The van der Waals surface area contributed by atoms with Crippen LogP contribution in [0.4, 0.5) is 0 Å². The summed E-state index contributed by atoms with van der Waals surface area (Å²) in [6, 6.07) is 0. The van der Waals surface area contributed by atoms with E-state index >= 15 is 0 Å². The van der Waals surface area contributed by atoms with Crippen molar-refractivity contribution < 1.29 is 0 Å². The van der Waals surface area contributed by atoms with E-state index in [2.05, 4.69) is 36.6 Å². The predicted molar refractivity (Wildman–Crippen MR) is 47.8 cm³/mol. The molecule has 0 aromatic rings. The molecule has 0 aliphatic rings. The van der Waals surface area contributed by atoms with Gasteiger partial charge >= 0.3 is 0 Å². The van der Waals surface area contributed by atoms with Crippen LogP contribution in [0, 0.1) is 5.41 Å². The highest BCUT2D eigenvalue weighted by Gasteiger charge is 2.17. The second-order valence-corrected chi connectivity index (χ2v) is 4.30. The van der Waals surface area contributed by atoms with Gasteiger partial charge in [0, 0.05) is 0 Å². The van der Waals surface area contributed by atoms with Gasteiger partial charge in [0.2, 0.25) is 0 Å². The van der Waals surface area contributed by atoms with E-state index in [4.69, 9.17) is 0 Å². The third-order valence-electron chi connectivity index (χ3n) is 1.53. The fourth-order valence-corrected chi connectivity index (χ4v) is 0.726. The first-order valence-electron chi connectivity index (χ1n) is 3.35. The van der Waals surface area contributed by atoms with Gasteiger partial charge in [0.05, 0.1) is 0 Å². The average Bonchev–Trinajstić information content (AvgIpc) is 1.64. The van der Waals surface area contributed by atoms with Gasteiger partial charge in [-0.2, -0.15) is 0 Å². The molecule has 0 nitrogen and oxygen atoms in total. The van der Waals surface area contributed by atoms with Crippen molar-refractivity contribution in [2.75, 3.05) is 0 Å². The van der Waals surface area contributed by atoms with Crippen molar-refractivity contribution in [1.29, 1.82) is 0 Å². The van der Waals surface area contributed by atoms with Crippen LogP contribution in [0.25, 0.3) is 0 Å². The normalized spacial score (nSPS) is 15.1. The minimum Gasteiger partial charge on any atom is -0.134 e. The molecule has 0 aromatic carbocycles. The summed E-state index contributed by atoms with van der Waals surface area (Å²) in [4.78, 5) is 0. The molecule has 0 saturated heterocycles. The van der Waals surface area contributed by atoms with Crippen molar-refractivity contribution in [2.45, 2.75) is 32.9 Å². The van der Waals surface area contributed by atoms with Crippen LogP contribution in [0.15, 0.2) is 12.7 Å². The molecule has 0 rings (SSSR count). The Balaban J connectivity index is 3.72. The molecule has 0 heterocycles. The molecule has 0 aromatic heterocycles. The third-order valence-corrected chi connectivity index (χ3v) is 2.81. The van der Waals surface area contributed by atoms with Crippen molar-refractivity contribution in [2.24, 2.45) is 5.41 Å². The lowest BCUT2D eigenvalue weighted by Crippen LogP contribution is -2.18. The van der Waals surface area contributed by atoms with E-state index in [0.717, 1.165) is 6.42 Å². The maximum atomic E-state index is 3.70. The van der Waals surface area contributed by atoms with E-state index in [1.165, 1.54) is 0 Å². The lowest BCUT2D eigenvalue weighted by Gasteiger charge is -2.25. The number of hydrogen-bond donors (Lipinski definition) is 0. The van der Waals surface area contributed by atoms with E-state index in [0.29, 0.717) is 11.1 Å². The fraction of sp³-hybridized carbons (Fsp3) is 0.750. The first kappa shape index (κ1) is 9.17. The lowest BCUT2D eigenvalue weighted by molar-refractivity contribution is 0.395. The zero-order valence-electron chi connectivity index (χ0n) is 6.65. The molecule has 0 spiro atoms. The summed E-state index contributed by atoms with van der Waals surface area (Å²) >= 11 is 0. The van der Waals surface area contributed by atoms with E-state index in [-0.39, 0.29) is 0 Å². The predicted octanol–water partition coefficient (Wildman–Crippen LogP) is 2.85. The van der Waals surface area contributed by atoms with Crippen LogP contribution in [0.5, 0.6) is 0 Å². The summed E-state index contributed by atoms with van der Waals surface area (Å²) in [6.07, 6.45) is 3.07. The molecule has 0 aliphatic carbocycles. The molecule has 0 N–H and O–H groups in total. The fourth-order valence-electron chi connectivity index (χ4n) is 0.533. The molecule has 54 valence electrons. The highest BCUT2D eigenvalue weighted by atomic mass is 31.0. The Morgan fingerprint density at radius 3 is 2.11 bits per heavy atom. The maximum Gasteiger partial charge on any atom is -0.0181 e. The van der Waals surface area contributed by atoms with E-state index in [1.807, 2.05) is 6.08 Å². The van der Waals surface area contributed by atoms with Gasteiger partial charge in [-0.25, -0.2) is 0 Å². The monoisotopic (exact) mass is 144 g/mol. The van der Waals surface area contributed by atoms with Gasteiger partial charge in [-0.05, 0) is 17.5 Å². The average molecular weight is 144 g/mol. The summed E-state index contributed by atoms with van der Waals surface area (Å²) in [5.41, 5.74) is 1.06. The molecule has 2 atom stereocenters. The van der Waals surface area contributed by atoms with Crippen molar-refractivity contribution in [3.63, 3.8) is 0 Å². The molecule has 0 bridgehead atoms. The summed E-state index contributed by atoms with van der Waals surface area (Å²) in [7, 11) is 2.85. The van der Waals surface area contributed by atoms with Crippen molar-refractivity contribution in [3.05, 3.63) is 12.7 Å². The number of allylic oxidation sites excluding steroid dienone is 1. The van der Waals surface area contributed by atoms with Crippen LogP contribution in [-0.2, 0) is 0 Å². The minimum atomic E-state index is 0.402. The van der Waals surface area contributed by atoms with Crippen LogP contribution in [0.1, 0.15) is 27.2 Å². The Morgan fingerprint density at radius 1 is 1.56 bits per heavy atom. The van der Waals surface area contributed by atoms with Crippen LogP contribution < -0.4 is 0 Å². The van der Waals surface area contributed by atoms with Crippen molar-refractivity contribution in [1.82, 2.24) is 0 Å². The minimum absolute atomic E-state index is 0.402. The summed E-state index contributed by atoms with van der Waals surface area (Å²) < 4.78 is 0. The first-order chi connectivity index (χ1) is 3.98. The van der Waals surface area contributed by atoms with Gasteiger partial charge in [-0.15, -0.1) is 15.8 Å². The quantitative estimate of drug-likeness (QED) is 0.413. The SMILES string of the molecule is C=CC[C@@H](P)C(C)(C)C. The van der Waals surface area contributed by atoms with Crippen LogP contribution in [0.2, 0.25) is 0 Å². The molecule has 0 fully saturated rings. The third kappa shape index (κ3) is 3.70. The topological polar surface area (TPSA) is 0 Å². The van der Waals surface area contributed by atoms with E-state index in [9.17, 15) is 0 Å². The first-order valence-corrected chi connectivity index (χ1v) is 4.01. The van der Waals surface area contributed by atoms with Crippen LogP contribution in [0.3, 0.4) is 0 Å². The van der Waals surface area contributed by atoms with Gasteiger partial charge in [0.15, 0.2) is 0 Å². The highest BCUT2D eigenvalue weighted by Crippen LogP contribution is 2.28. The summed E-state index contributed by atoms with van der Waals surface area (Å²) in [5, 5.41) is 0. The van der Waals surface area contributed by atoms with Gasteiger partial charge in [0.25, 0.3) is 0 Å². The molecular weight excluding hydrogens is 127 g/mol. The molecular formula is C8H17P. The largest absolute Gasteiger partial charge is 0.134 e. The van der Waals surface area contributed by atoms with Crippen LogP contribution in [-0.4, -0.2) is 5.66 Å². The molecule has 1 heteroatoms. The second-order valence-electron chi connectivity index (χ2n) is 3.50. The van der Waals surface area contributed by atoms with E-state index in [1.54, 1.807) is 0 Å². The number of rotatable bonds is 2. The zero-order valence-corrected chi connectivity index (χ0v) is 7.80. The molecule has 1 unspecified atom stereocenters. The van der Waals surface area contributed by atoms with Crippen molar-refractivity contribution >= 4 is 9.24 Å². The van der Waals surface area contributed by atoms with Gasteiger partial charge < -0.3 is 0 Å². The Hall–Kier alpha value is 0.170. The molecule has 0 aliphatic heterocycles. The Labute approximate surface area is 60.9 Å². The summed E-state index contributed by atoms with van der Waals surface area (Å²) in [5.74, 6) is 0. The Morgan fingerprint density at radius 2 is 2.00 bits per heavy atom. The smallest absolute Gasteiger partial charge is 0.0181 e. The Bertz CT molecular complexity index is 89.2. The lowest BCUT2D eigenvalue weighted by atomic mass is 9.90. The molecule has 0 amide bonds. The standard InChI is InChI=1S/C8H17P/c1-5-6-7(9)8(2,3)4/h5,7H,1,6,9H2,2-4H3/t7-/m1/s1. The van der Waals surface area contributed by atoms with Gasteiger partial charge in [-0.1, -0.05) is 26.8 Å². The van der Waals surface area contributed by atoms with Gasteiger partial charge in [0.1, 0.15) is 0 Å². The highest BCUT2D eigenvalue weighted by molar-refractivity contribution is 7.17. The molecule has 9 heavy (non-hydrogen) atoms. The van der Waals surface area contributed by atoms with Crippen LogP contribution >= 0.6 is 9.24 Å². The zero-order chi connectivity index (χ0) is 7.49. The van der Waals surface area contributed by atoms with Gasteiger partial charge in [-0.3, -0.25) is 0 Å². The second kappa shape index (κ2) is 3.37. The summed E-state index contributed by atoms with van der Waals surface area (Å²) in [6.45, 7) is 10.4. The maximum absolute atomic E-state index is 3.70. The molecule has 0 radical (unpaired) electrons. The van der Waals surface area contributed by atoms with E-state index < -0.39 is 0 Å².